The maximum atomic E-state index is 13.0. The molecule has 3 nitrogen and oxygen atoms in total. The third-order valence-corrected chi connectivity index (χ3v) is 5.14. The van der Waals surface area contributed by atoms with Crippen LogP contribution in [-0.2, 0) is 17.6 Å². The number of hydrogen-bond donors (Lipinski definition) is 1. The van der Waals surface area contributed by atoms with E-state index in [0.717, 1.165) is 28.3 Å². The van der Waals surface area contributed by atoms with Crippen LogP contribution >= 0.6 is 22.9 Å². The zero-order valence-electron chi connectivity index (χ0n) is 11.1. The molecule has 0 bridgehead atoms. The molecule has 1 unspecified atom stereocenters. The number of carbonyl (C=O) groups is 1. The summed E-state index contributed by atoms with van der Waals surface area (Å²) in [5, 5.41) is 10.5. The molecule has 1 N–H and O–H groups in total. The summed E-state index contributed by atoms with van der Waals surface area (Å²) in [7, 11) is 0. The number of nitrogens with zero attached hydrogens (tertiary/aromatic N) is 1. The van der Waals surface area contributed by atoms with Crippen molar-refractivity contribution in [1.29, 1.82) is 0 Å². The van der Waals surface area contributed by atoms with Crippen LogP contribution in [0.4, 0.5) is 4.39 Å². The summed E-state index contributed by atoms with van der Waals surface area (Å²) in [6.07, 6.45) is 2.91. The molecular weight excluding hydrogens is 313 g/mol. The predicted octanol–water partition coefficient (Wildman–Crippen LogP) is 4.03. The van der Waals surface area contributed by atoms with Crippen molar-refractivity contribution in [3.8, 4) is 0 Å². The molecule has 3 rings (SSSR count). The van der Waals surface area contributed by atoms with Gasteiger partial charge in [-0.05, 0) is 37.0 Å². The second-order valence-corrected chi connectivity index (χ2v) is 6.69. The van der Waals surface area contributed by atoms with Crippen molar-refractivity contribution in [3.05, 3.63) is 50.2 Å². The molecule has 1 aromatic heterocycles. The molecule has 0 saturated carbocycles. The number of thiazole rings is 1. The highest BCUT2D eigenvalue weighted by atomic mass is 35.5. The lowest BCUT2D eigenvalue weighted by Gasteiger charge is -2.16. The Morgan fingerprint density at radius 2 is 2.33 bits per heavy atom. The molecule has 0 amide bonds. The summed E-state index contributed by atoms with van der Waals surface area (Å²) in [4.78, 5) is 16.8. The number of aliphatic carboxylic acids is 1. The molecule has 21 heavy (non-hydrogen) atoms. The standard InChI is InChI=1S/C15H13ClFNO2S/c16-11-7-9(17)5-4-8(11)6-13-18-14-10(15(19)20)2-1-3-12(14)21-13/h4-5,7,10H,1-3,6H2,(H,19,20). The first kappa shape index (κ1) is 14.5. The number of halogens is 2. The number of aryl methyl sites for hydroxylation is 1. The van der Waals surface area contributed by atoms with Gasteiger partial charge in [-0.15, -0.1) is 11.3 Å². The number of carboxylic acid groups (broad SMARTS) is 1. The second-order valence-electron chi connectivity index (χ2n) is 5.11. The Balaban J connectivity index is 1.89. The van der Waals surface area contributed by atoms with Crippen molar-refractivity contribution >= 4 is 28.9 Å². The van der Waals surface area contributed by atoms with Gasteiger partial charge in [-0.1, -0.05) is 17.7 Å². The van der Waals surface area contributed by atoms with Gasteiger partial charge in [-0.2, -0.15) is 0 Å². The molecule has 1 heterocycles. The fraction of sp³-hybridized carbons (Fsp3) is 0.333. The van der Waals surface area contributed by atoms with Gasteiger partial charge in [0, 0.05) is 16.3 Å². The number of rotatable bonds is 3. The van der Waals surface area contributed by atoms with Gasteiger partial charge in [0.25, 0.3) is 0 Å². The van der Waals surface area contributed by atoms with E-state index in [9.17, 15) is 14.3 Å². The largest absolute Gasteiger partial charge is 0.481 e. The van der Waals surface area contributed by atoms with Crippen LogP contribution in [-0.4, -0.2) is 16.1 Å². The minimum Gasteiger partial charge on any atom is -0.481 e. The summed E-state index contributed by atoms with van der Waals surface area (Å²) in [6.45, 7) is 0. The van der Waals surface area contributed by atoms with Gasteiger partial charge in [0.2, 0.25) is 0 Å². The fourth-order valence-electron chi connectivity index (χ4n) is 2.61. The molecular formula is C15H13ClFNO2S. The highest BCUT2D eigenvalue weighted by Gasteiger charge is 2.29. The highest BCUT2D eigenvalue weighted by Crippen LogP contribution is 2.36. The molecule has 110 valence electrons. The van der Waals surface area contributed by atoms with Crippen molar-refractivity contribution in [2.45, 2.75) is 31.6 Å². The van der Waals surface area contributed by atoms with E-state index in [0.29, 0.717) is 23.6 Å². The van der Waals surface area contributed by atoms with E-state index >= 15 is 0 Å². The zero-order chi connectivity index (χ0) is 15.0. The van der Waals surface area contributed by atoms with E-state index in [1.165, 1.54) is 23.5 Å². The van der Waals surface area contributed by atoms with Crippen molar-refractivity contribution in [1.82, 2.24) is 4.98 Å². The van der Waals surface area contributed by atoms with Gasteiger partial charge < -0.3 is 5.11 Å². The molecule has 0 aliphatic heterocycles. The monoisotopic (exact) mass is 325 g/mol. The van der Waals surface area contributed by atoms with E-state index in [4.69, 9.17) is 11.6 Å². The van der Waals surface area contributed by atoms with Crippen LogP contribution in [0.2, 0.25) is 5.02 Å². The van der Waals surface area contributed by atoms with Crippen molar-refractivity contribution in [2.75, 3.05) is 0 Å². The minimum absolute atomic E-state index is 0.367. The van der Waals surface area contributed by atoms with Crippen LogP contribution in [0.5, 0.6) is 0 Å². The first-order chi connectivity index (χ1) is 10.0. The van der Waals surface area contributed by atoms with Crippen molar-refractivity contribution in [2.24, 2.45) is 0 Å². The van der Waals surface area contributed by atoms with Gasteiger partial charge in [-0.25, -0.2) is 9.37 Å². The lowest BCUT2D eigenvalue weighted by molar-refractivity contribution is -0.139. The molecule has 2 aromatic rings. The number of hydrogen-bond acceptors (Lipinski definition) is 3. The van der Waals surface area contributed by atoms with E-state index in [1.807, 2.05) is 0 Å². The average molecular weight is 326 g/mol. The van der Waals surface area contributed by atoms with E-state index in [1.54, 1.807) is 6.07 Å². The van der Waals surface area contributed by atoms with Crippen molar-refractivity contribution < 1.29 is 14.3 Å². The van der Waals surface area contributed by atoms with E-state index < -0.39 is 11.9 Å². The first-order valence-electron chi connectivity index (χ1n) is 6.70. The lowest BCUT2D eigenvalue weighted by Crippen LogP contribution is -2.17. The molecule has 6 heteroatoms. The second kappa shape index (κ2) is 5.73. The quantitative estimate of drug-likeness (QED) is 0.926. The topological polar surface area (TPSA) is 50.2 Å². The Hall–Kier alpha value is -1.46. The summed E-state index contributed by atoms with van der Waals surface area (Å²) >= 11 is 7.57. The number of fused-ring (bicyclic) bond motifs is 1. The molecule has 1 atom stereocenters. The summed E-state index contributed by atoms with van der Waals surface area (Å²) < 4.78 is 13.0. The summed E-state index contributed by atoms with van der Waals surface area (Å²) in [5.41, 5.74) is 1.50. The first-order valence-corrected chi connectivity index (χ1v) is 7.89. The molecule has 0 fully saturated rings. The molecule has 1 aliphatic rings. The average Bonchev–Trinajstić information content (AvgIpc) is 2.83. The van der Waals surface area contributed by atoms with Crippen LogP contribution in [0.15, 0.2) is 18.2 Å². The zero-order valence-corrected chi connectivity index (χ0v) is 12.7. The Morgan fingerprint density at radius 3 is 3.05 bits per heavy atom. The predicted molar refractivity (Wildman–Crippen MR) is 79.6 cm³/mol. The Kier molecular flexibility index (Phi) is 3.95. The maximum absolute atomic E-state index is 13.0. The van der Waals surface area contributed by atoms with Crippen LogP contribution in [0.3, 0.4) is 0 Å². The molecule has 1 aliphatic carbocycles. The third kappa shape index (κ3) is 2.94. The van der Waals surface area contributed by atoms with Gasteiger partial charge >= 0.3 is 5.97 Å². The minimum atomic E-state index is -0.812. The smallest absolute Gasteiger partial charge is 0.312 e. The van der Waals surface area contributed by atoms with Gasteiger partial charge in [-0.3, -0.25) is 4.79 Å². The molecule has 0 spiro atoms. The molecule has 0 saturated heterocycles. The van der Waals surface area contributed by atoms with Crippen LogP contribution < -0.4 is 0 Å². The molecule has 1 aromatic carbocycles. The van der Waals surface area contributed by atoms with Crippen molar-refractivity contribution in [3.63, 3.8) is 0 Å². The van der Waals surface area contributed by atoms with Gasteiger partial charge in [0.1, 0.15) is 5.82 Å². The van der Waals surface area contributed by atoms with Gasteiger partial charge in [0.05, 0.1) is 16.6 Å². The molecule has 0 radical (unpaired) electrons. The number of aromatic nitrogens is 1. The summed E-state index contributed by atoms with van der Waals surface area (Å²) in [6, 6.07) is 4.30. The third-order valence-electron chi connectivity index (χ3n) is 3.65. The Bertz CT molecular complexity index is 701. The van der Waals surface area contributed by atoms with E-state index in [-0.39, 0.29) is 5.82 Å². The fourth-order valence-corrected chi connectivity index (χ4v) is 4.04. The Labute approximate surface area is 130 Å². The van der Waals surface area contributed by atoms with E-state index in [2.05, 4.69) is 4.98 Å². The van der Waals surface area contributed by atoms with Crippen LogP contribution in [0.25, 0.3) is 0 Å². The maximum Gasteiger partial charge on any atom is 0.312 e. The SMILES string of the molecule is O=C(O)C1CCCc2sc(Cc3ccc(F)cc3Cl)nc21. The summed E-state index contributed by atoms with van der Waals surface area (Å²) in [5.74, 6) is -1.68. The van der Waals surface area contributed by atoms with Crippen LogP contribution in [0, 0.1) is 5.82 Å². The van der Waals surface area contributed by atoms with Crippen LogP contribution in [0.1, 0.15) is 39.9 Å². The normalized spacial score (nSPS) is 17.5. The lowest BCUT2D eigenvalue weighted by atomic mass is 9.91. The number of benzene rings is 1. The Morgan fingerprint density at radius 1 is 1.52 bits per heavy atom. The highest BCUT2D eigenvalue weighted by molar-refractivity contribution is 7.11. The van der Waals surface area contributed by atoms with Gasteiger partial charge in [0.15, 0.2) is 0 Å². The number of carboxylic acids is 1.